The van der Waals surface area contributed by atoms with Crippen molar-refractivity contribution in [2.24, 2.45) is 0 Å². The summed E-state index contributed by atoms with van der Waals surface area (Å²) in [5.74, 6) is -0.0286. The molecule has 2 heterocycles. The summed E-state index contributed by atoms with van der Waals surface area (Å²) in [5.41, 5.74) is 1.84. The summed E-state index contributed by atoms with van der Waals surface area (Å²) in [6, 6.07) is 3.90. The molecule has 1 fully saturated rings. The van der Waals surface area contributed by atoms with Gasteiger partial charge in [0.1, 0.15) is 0 Å². The number of rotatable bonds is 1. The van der Waals surface area contributed by atoms with E-state index < -0.39 is 6.10 Å². The number of hydrogen-bond acceptors (Lipinski definition) is 3. The van der Waals surface area contributed by atoms with Crippen molar-refractivity contribution < 1.29 is 9.90 Å². The maximum absolute atomic E-state index is 11.8. The third kappa shape index (κ3) is 2.70. The molecule has 0 bridgehead atoms. The Kier molecular flexibility index (Phi) is 3.39. The van der Waals surface area contributed by atoms with Crippen molar-refractivity contribution in [2.75, 3.05) is 11.4 Å². The summed E-state index contributed by atoms with van der Waals surface area (Å²) in [5, 5.41) is 9.43. The summed E-state index contributed by atoms with van der Waals surface area (Å²) in [4.78, 5) is 17.9. The van der Waals surface area contributed by atoms with E-state index in [-0.39, 0.29) is 17.7 Å². The van der Waals surface area contributed by atoms with E-state index in [0.29, 0.717) is 13.0 Å². The van der Waals surface area contributed by atoms with Crippen molar-refractivity contribution in [3.8, 4) is 0 Å². The number of aliphatic hydroxyl groups is 1. The zero-order chi connectivity index (χ0) is 13.3. The molecule has 0 aliphatic carbocycles. The van der Waals surface area contributed by atoms with Gasteiger partial charge < -0.3 is 10.0 Å². The maximum atomic E-state index is 11.8. The molecule has 1 aliphatic heterocycles. The second-order valence-corrected chi connectivity index (χ2v) is 5.84. The van der Waals surface area contributed by atoms with Gasteiger partial charge in [-0.3, -0.25) is 9.78 Å². The molecule has 0 aromatic carbocycles. The van der Waals surface area contributed by atoms with Gasteiger partial charge >= 0.3 is 0 Å². The van der Waals surface area contributed by atoms with Crippen LogP contribution >= 0.6 is 0 Å². The SMILES string of the molecule is CC(C)(C)c1ccc(N2CC[C@H](O)CC2=O)cn1. The van der Waals surface area contributed by atoms with Crippen LogP contribution in [-0.2, 0) is 10.2 Å². The highest BCUT2D eigenvalue weighted by molar-refractivity contribution is 5.94. The number of carbonyl (C=O) groups excluding carboxylic acids is 1. The molecule has 1 aromatic rings. The largest absolute Gasteiger partial charge is 0.393 e. The summed E-state index contributed by atoms with van der Waals surface area (Å²) in [6.07, 6.45) is 2.10. The molecule has 1 N–H and O–H groups in total. The van der Waals surface area contributed by atoms with Crippen molar-refractivity contribution in [3.05, 3.63) is 24.0 Å². The molecule has 1 atom stereocenters. The molecule has 1 amide bonds. The highest BCUT2D eigenvalue weighted by Gasteiger charge is 2.25. The van der Waals surface area contributed by atoms with Crippen molar-refractivity contribution in [1.29, 1.82) is 0 Å². The second-order valence-electron chi connectivity index (χ2n) is 5.84. The topological polar surface area (TPSA) is 53.4 Å². The van der Waals surface area contributed by atoms with Crippen molar-refractivity contribution in [1.82, 2.24) is 4.98 Å². The Labute approximate surface area is 108 Å². The Morgan fingerprint density at radius 2 is 2.11 bits per heavy atom. The number of piperidine rings is 1. The zero-order valence-electron chi connectivity index (χ0n) is 11.2. The molecule has 4 nitrogen and oxygen atoms in total. The average Bonchev–Trinajstić information content (AvgIpc) is 2.28. The Hall–Kier alpha value is -1.42. The van der Waals surface area contributed by atoms with Crippen LogP contribution in [0.5, 0.6) is 0 Å². The van der Waals surface area contributed by atoms with E-state index in [1.54, 1.807) is 11.1 Å². The summed E-state index contributed by atoms with van der Waals surface area (Å²) < 4.78 is 0. The number of aromatic nitrogens is 1. The van der Waals surface area contributed by atoms with Gasteiger partial charge in [0, 0.05) is 17.7 Å². The number of aliphatic hydroxyl groups excluding tert-OH is 1. The van der Waals surface area contributed by atoms with Gasteiger partial charge in [-0.25, -0.2) is 0 Å². The van der Waals surface area contributed by atoms with Gasteiger partial charge in [0.25, 0.3) is 0 Å². The minimum Gasteiger partial charge on any atom is -0.393 e. The van der Waals surface area contributed by atoms with E-state index in [9.17, 15) is 9.90 Å². The molecular formula is C14H20N2O2. The average molecular weight is 248 g/mol. The van der Waals surface area contributed by atoms with Crippen LogP contribution in [0.1, 0.15) is 39.3 Å². The first-order valence-corrected chi connectivity index (χ1v) is 6.33. The van der Waals surface area contributed by atoms with E-state index in [1.807, 2.05) is 12.1 Å². The molecule has 0 unspecified atom stereocenters. The van der Waals surface area contributed by atoms with Crippen LogP contribution in [0.2, 0.25) is 0 Å². The molecule has 1 saturated heterocycles. The lowest BCUT2D eigenvalue weighted by molar-refractivity contribution is -0.122. The summed E-state index contributed by atoms with van der Waals surface area (Å²) in [7, 11) is 0. The Morgan fingerprint density at radius 3 is 2.61 bits per heavy atom. The molecule has 0 saturated carbocycles. The van der Waals surface area contributed by atoms with Gasteiger partial charge in [0.15, 0.2) is 0 Å². The first kappa shape index (κ1) is 13.0. The lowest BCUT2D eigenvalue weighted by Crippen LogP contribution is -2.40. The fourth-order valence-electron chi connectivity index (χ4n) is 2.08. The highest BCUT2D eigenvalue weighted by atomic mass is 16.3. The smallest absolute Gasteiger partial charge is 0.229 e. The lowest BCUT2D eigenvalue weighted by Gasteiger charge is -2.29. The monoisotopic (exact) mass is 248 g/mol. The van der Waals surface area contributed by atoms with Crippen molar-refractivity contribution in [2.45, 2.75) is 45.1 Å². The minimum absolute atomic E-state index is 0.0145. The normalized spacial score (nSPS) is 21.2. The van der Waals surface area contributed by atoms with Gasteiger partial charge in [-0.05, 0) is 18.6 Å². The second kappa shape index (κ2) is 4.69. The maximum Gasteiger partial charge on any atom is 0.229 e. The molecule has 18 heavy (non-hydrogen) atoms. The number of nitrogens with zero attached hydrogens (tertiary/aromatic N) is 2. The standard InChI is InChI=1S/C14H20N2O2/c1-14(2,3)12-5-4-10(9-15-12)16-7-6-11(17)8-13(16)18/h4-5,9,11,17H,6-8H2,1-3H3/t11-/m0/s1. The van der Waals surface area contributed by atoms with Gasteiger partial charge in [-0.2, -0.15) is 0 Å². The predicted octanol–water partition coefficient (Wildman–Crippen LogP) is 1.87. The third-order valence-electron chi connectivity index (χ3n) is 3.23. The molecule has 4 heteroatoms. The zero-order valence-corrected chi connectivity index (χ0v) is 11.2. The van der Waals surface area contributed by atoms with E-state index in [0.717, 1.165) is 11.4 Å². The van der Waals surface area contributed by atoms with E-state index in [1.165, 1.54) is 0 Å². The van der Waals surface area contributed by atoms with Crippen LogP contribution in [0.15, 0.2) is 18.3 Å². The Balaban J connectivity index is 2.17. The number of pyridine rings is 1. The van der Waals surface area contributed by atoms with Crippen LogP contribution in [-0.4, -0.2) is 28.6 Å². The van der Waals surface area contributed by atoms with Crippen LogP contribution in [0.4, 0.5) is 5.69 Å². The quantitative estimate of drug-likeness (QED) is 0.825. The fourth-order valence-corrected chi connectivity index (χ4v) is 2.08. The van der Waals surface area contributed by atoms with Crippen LogP contribution in [0.3, 0.4) is 0 Å². The molecule has 0 radical (unpaired) electrons. The number of amides is 1. The summed E-state index contributed by atoms with van der Waals surface area (Å²) in [6.45, 7) is 6.89. The van der Waals surface area contributed by atoms with Crippen molar-refractivity contribution in [3.63, 3.8) is 0 Å². The van der Waals surface area contributed by atoms with Crippen LogP contribution < -0.4 is 4.90 Å². The molecule has 1 aromatic heterocycles. The third-order valence-corrected chi connectivity index (χ3v) is 3.23. The molecule has 1 aliphatic rings. The first-order chi connectivity index (χ1) is 8.38. The van der Waals surface area contributed by atoms with E-state index in [4.69, 9.17) is 0 Å². The molecule has 0 spiro atoms. The Morgan fingerprint density at radius 1 is 1.39 bits per heavy atom. The predicted molar refractivity (Wildman–Crippen MR) is 70.5 cm³/mol. The van der Waals surface area contributed by atoms with Gasteiger partial charge in [-0.15, -0.1) is 0 Å². The Bertz CT molecular complexity index is 434. The van der Waals surface area contributed by atoms with Gasteiger partial charge in [0.05, 0.1) is 24.4 Å². The molecule has 2 rings (SSSR count). The number of carbonyl (C=O) groups is 1. The minimum atomic E-state index is -0.490. The highest BCUT2D eigenvalue weighted by Crippen LogP contribution is 2.24. The fraction of sp³-hybridized carbons (Fsp3) is 0.571. The van der Waals surface area contributed by atoms with Gasteiger partial charge in [0.2, 0.25) is 5.91 Å². The van der Waals surface area contributed by atoms with Crippen LogP contribution in [0, 0.1) is 0 Å². The number of anilines is 1. The van der Waals surface area contributed by atoms with Crippen molar-refractivity contribution >= 4 is 11.6 Å². The summed E-state index contributed by atoms with van der Waals surface area (Å²) >= 11 is 0. The van der Waals surface area contributed by atoms with E-state index in [2.05, 4.69) is 25.8 Å². The molecular weight excluding hydrogens is 228 g/mol. The number of hydrogen-bond donors (Lipinski definition) is 1. The lowest BCUT2D eigenvalue weighted by atomic mass is 9.91. The van der Waals surface area contributed by atoms with Gasteiger partial charge in [-0.1, -0.05) is 20.8 Å². The molecule has 98 valence electrons. The van der Waals surface area contributed by atoms with E-state index >= 15 is 0 Å². The first-order valence-electron chi connectivity index (χ1n) is 6.33. The van der Waals surface area contributed by atoms with Crippen LogP contribution in [0.25, 0.3) is 0 Å².